The maximum absolute atomic E-state index is 12.7. The lowest BCUT2D eigenvalue weighted by atomic mass is 10.2. The van der Waals surface area contributed by atoms with E-state index in [0.717, 1.165) is 17.3 Å². The Morgan fingerprint density at radius 3 is 2.75 bits per heavy atom. The van der Waals surface area contributed by atoms with E-state index in [9.17, 15) is 4.39 Å². The highest BCUT2D eigenvalue weighted by atomic mass is 79.9. The Kier molecular flexibility index (Phi) is 1.70. The van der Waals surface area contributed by atoms with E-state index in [4.69, 9.17) is 5.73 Å². The second-order valence-electron chi connectivity index (χ2n) is 3.12. The Labute approximate surface area is 78.1 Å². The Balaban J connectivity index is 2.48. The quantitative estimate of drug-likeness (QED) is 0.750. The van der Waals surface area contributed by atoms with Gasteiger partial charge in [-0.15, -0.1) is 0 Å². The second kappa shape index (κ2) is 2.50. The number of halogens is 2. The maximum atomic E-state index is 12.7. The van der Waals surface area contributed by atoms with Crippen LogP contribution < -0.4 is 5.73 Å². The van der Waals surface area contributed by atoms with Crippen LogP contribution in [0.5, 0.6) is 0 Å². The van der Waals surface area contributed by atoms with Crippen LogP contribution in [-0.2, 0) is 5.54 Å². The first-order valence-electron chi connectivity index (χ1n) is 3.73. The smallest absolute Gasteiger partial charge is 0.213 e. The Morgan fingerprint density at radius 1 is 1.50 bits per heavy atom. The molecule has 0 aliphatic heterocycles. The van der Waals surface area contributed by atoms with Gasteiger partial charge in [-0.25, -0.2) is 4.98 Å². The summed E-state index contributed by atoms with van der Waals surface area (Å²) in [6.07, 6.45) is 1.78. The first-order chi connectivity index (χ1) is 5.62. The van der Waals surface area contributed by atoms with Crippen molar-refractivity contribution in [2.24, 2.45) is 5.73 Å². The molecule has 1 aromatic rings. The summed E-state index contributed by atoms with van der Waals surface area (Å²) in [5.41, 5.74) is 6.15. The third-order valence-corrected chi connectivity index (χ3v) is 2.71. The summed E-state index contributed by atoms with van der Waals surface area (Å²) < 4.78 is 13.5. The first-order valence-corrected chi connectivity index (χ1v) is 4.52. The molecule has 1 saturated carbocycles. The standard InChI is InChI=1S/C8H8BrFN2/c9-5-1-2-6(10)12-7(5)8(11)3-4-8/h1-2H,3-4,11H2. The molecule has 0 amide bonds. The SMILES string of the molecule is NC1(c2nc(F)ccc2Br)CC1. The predicted molar refractivity (Wildman–Crippen MR) is 47.0 cm³/mol. The van der Waals surface area contributed by atoms with E-state index in [1.807, 2.05) is 0 Å². The minimum atomic E-state index is -0.468. The number of hydrogen-bond acceptors (Lipinski definition) is 2. The first kappa shape index (κ1) is 8.13. The highest BCUT2D eigenvalue weighted by molar-refractivity contribution is 9.10. The van der Waals surface area contributed by atoms with Crippen molar-refractivity contribution in [2.45, 2.75) is 18.4 Å². The molecule has 2 rings (SSSR count). The molecule has 1 aliphatic rings. The van der Waals surface area contributed by atoms with E-state index < -0.39 is 5.95 Å². The Morgan fingerprint density at radius 2 is 2.17 bits per heavy atom. The zero-order chi connectivity index (χ0) is 8.77. The molecule has 64 valence electrons. The summed E-state index contributed by atoms with van der Waals surface area (Å²) in [6.45, 7) is 0. The molecule has 0 spiro atoms. The van der Waals surface area contributed by atoms with Gasteiger partial charge in [0.25, 0.3) is 0 Å². The van der Waals surface area contributed by atoms with E-state index >= 15 is 0 Å². The highest BCUT2D eigenvalue weighted by Crippen LogP contribution is 2.44. The van der Waals surface area contributed by atoms with E-state index in [2.05, 4.69) is 20.9 Å². The van der Waals surface area contributed by atoms with Gasteiger partial charge >= 0.3 is 0 Å². The molecule has 1 aromatic heterocycles. The van der Waals surface area contributed by atoms with Crippen LogP contribution in [0.3, 0.4) is 0 Å². The third-order valence-electron chi connectivity index (χ3n) is 2.07. The van der Waals surface area contributed by atoms with Gasteiger partial charge in [0.05, 0.1) is 11.2 Å². The molecular weight excluding hydrogens is 223 g/mol. The minimum absolute atomic E-state index is 0.374. The number of nitrogens with two attached hydrogens (primary N) is 1. The summed E-state index contributed by atoms with van der Waals surface area (Å²) in [7, 11) is 0. The summed E-state index contributed by atoms with van der Waals surface area (Å²) >= 11 is 3.30. The number of nitrogens with zero attached hydrogens (tertiary/aromatic N) is 1. The third kappa shape index (κ3) is 1.25. The van der Waals surface area contributed by atoms with E-state index in [-0.39, 0.29) is 5.54 Å². The van der Waals surface area contributed by atoms with Crippen LogP contribution in [0.4, 0.5) is 4.39 Å². The molecule has 1 heterocycles. The molecule has 0 atom stereocenters. The fourth-order valence-electron chi connectivity index (χ4n) is 1.14. The normalized spacial score (nSPS) is 19.2. The van der Waals surface area contributed by atoms with E-state index in [1.54, 1.807) is 6.07 Å². The Hall–Kier alpha value is -0.480. The maximum Gasteiger partial charge on any atom is 0.213 e. The number of aromatic nitrogens is 1. The van der Waals surface area contributed by atoms with Crippen molar-refractivity contribution in [3.63, 3.8) is 0 Å². The molecule has 2 N–H and O–H groups in total. The lowest BCUT2D eigenvalue weighted by molar-refractivity contribution is 0.560. The van der Waals surface area contributed by atoms with Crippen LogP contribution in [0.1, 0.15) is 18.5 Å². The molecule has 0 aromatic carbocycles. The van der Waals surface area contributed by atoms with Gasteiger partial charge in [0.15, 0.2) is 0 Å². The summed E-state index contributed by atoms with van der Waals surface area (Å²) in [5, 5.41) is 0. The fraction of sp³-hybridized carbons (Fsp3) is 0.375. The average Bonchev–Trinajstić information content (AvgIpc) is 2.75. The van der Waals surface area contributed by atoms with Crippen LogP contribution in [0.15, 0.2) is 16.6 Å². The van der Waals surface area contributed by atoms with Gasteiger partial charge in [0.1, 0.15) is 0 Å². The molecular formula is C8H8BrFN2. The van der Waals surface area contributed by atoms with Crippen molar-refractivity contribution >= 4 is 15.9 Å². The molecule has 0 unspecified atom stereocenters. The van der Waals surface area contributed by atoms with Crippen molar-refractivity contribution in [1.29, 1.82) is 0 Å². The van der Waals surface area contributed by atoms with E-state index in [1.165, 1.54) is 6.07 Å². The topological polar surface area (TPSA) is 38.9 Å². The van der Waals surface area contributed by atoms with Gasteiger partial charge in [-0.1, -0.05) is 0 Å². The number of rotatable bonds is 1. The molecule has 0 saturated heterocycles. The van der Waals surface area contributed by atoms with Gasteiger partial charge in [-0.05, 0) is 40.9 Å². The predicted octanol–water partition coefficient (Wildman–Crippen LogP) is 1.93. The largest absolute Gasteiger partial charge is 0.320 e. The fourth-order valence-corrected chi connectivity index (χ4v) is 1.75. The van der Waals surface area contributed by atoms with E-state index in [0.29, 0.717) is 5.69 Å². The highest BCUT2D eigenvalue weighted by Gasteiger charge is 2.43. The van der Waals surface area contributed by atoms with Crippen molar-refractivity contribution in [3.05, 3.63) is 28.2 Å². The van der Waals surface area contributed by atoms with Crippen molar-refractivity contribution < 1.29 is 4.39 Å². The van der Waals surface area contributed by atoms with Gasteiger partial charge < -0.3 is 5.73 Å². The zero-order valence-corrected chi connectivity index (χ0v) is 7.94. The van der Waals surface area contributed by atoms with Crippen LogP contribution >= 0.6 is 15.9 Å². The number of pyridine rings is 1. The second-order valence-corrected chi connectivity index (χ2v) is 3.97. The zero-order valence-electron chi connectivity index (χ0n) is 6.35. The summed E-state index contributed by atoms with van der Waals surface area (Å²) in [4.78, 5) is 3.77. The lowest BCUT2D eigenvalue weighted by Crippen LogP contribution is -2.21. The van der Waals surface area contributed by atoms with Gasteiger partial charge in [-0.3, -0.25) is 0 Å². The van der Waals surface area contributed by atoms with Crippen LogP contribution in [0.2, 0.25) is 0 Å². The monoisotopic (exact) mass is 230 g/mol. The molecule has 0 radical (unpaired) electrons. The Bertz CT molecular complexity index is 323. The summed E-state index contributed by atoms with van der Waals surface area (Å²) in [5.74, 6) is -0.468. The minimum Gasteiger partial charge on any atom is -0.320 e. The van der Waals surface area contributed by atoms with Crippen molar-refractivity contribution in [2.75, 3.05) is 0 Å². The average molecular weight is 231 g/mol. The van der Waals surface area contributed by atoms with Gasteiger partial charge in [0, 0.05) is 4.47 Å². The van der Waals surface area contributed by atoms with Crippen molar-refractivity contribution in [3.8, 4) is 0 Å². The molecule has 4 heteroatoms. The molecule has 0 bridgehead atoms. The molecule has 12 heavy (non-hydrogen) atoms. The molecule has 2 nitrogen and oxygen atoms in total. The molecule has 1 fully saturated rings. The molecule has 1 aliphatic carbocycles. The van der Waals surface area contributed by atoms with Crippen LogP contribution in [0.25, 0.3) is 0 Å². The lowest BCUT2D eigenvalue weighted by Gasteiger charge is -2.09. The van der Waals surface area contributed by atoms with Crippen LogP contribution in [-0.4, -0.2) is 4.98 Å². The van der Waals surface area contributed by atoms with Crippen molar-refractivity contribution in [1.82, 2.24) is 4.98 Å². The van der Waals surface area contributed by atoms with Gasteiger partial charge in [0.2, 0.25) is 5.95 Å². The van der Waals surface area contributed by atoms with Crippen LogP contribution in [0, 0.1) is 5.95 Å². The summed E-state index contributed by atoms with van der Waals surface area (Å²) in [6, 6.07) is 2.96. The van der Waals surface area contributed by atoms with Gasteiger partial charge in [-0.2, -0.15) is 4.39 Å². The number of hydrogen-bond donors (Lipinski definition) is 1.